The molecule has 0 unspecified atom stereocenters. The van der Waals surface area contributed by atoms with Gasteiger partial charge in [-0.25, -0.2) is 0 Å². The molecule has 1 aliphatic rings. The Balaban J connectivity index is 2.26. The number of benzene rings is 1. The molecule has 0 saturated carbocycles. The summed E-state index contributed by atoms with van der Waals surface area (Å²) < 4.78 is 0. The highest BCUT2D eigenvalue weighted by Gasteiger charge is 2.35. The SMILES string of the molecule is CCNCCN1C(=O)C(=O)c2cc(CC)ccc21. The molecule has 1 heterocycles. The Morgan fingerprint density at radius 2 is 2.00 bits per heavy atom. The minimum Gasteiger partial charge on any atom is -0.315 e. The summed E-state index contributed by atoms with van der Waals surface area (Å²) in [7, 11) is 0. The van der Waals surface area contributed by atoms with Gasteiger partial charge < -0.3 is 10.2 Å². The van der Waals surface area contributed by atoms with E-state index in [-0.39, 0.29) is 5.78 Å². The Morgan fingerprint density at radius 1 is 1.22 bits per heavy atom. The lowest BCUT2D eigenvalue weighted by molar-refractivity contribution is -0.114. The summed E-state index contributed by atoms with van der Waals surface area (Å²) in [6, 6.07) is 5.69. The molecule has 0 aromatic heterocycles. The van der Waals surface area contributed by atoms with Crippen molar-refractivity contribution in [3.05, 3.63) is 29.3 Å². The summed E-state index contributed by atoms with van der Waals surface area (Å²) in [5, 5.41) is 3.16. The molecule has 1 aliphatic heterocycles. The smallest absolute Gasteiger partial charge is 0.299 e. The van der Waals surface area contributed by atoms with Gasteiger partial charge in [-0.15, -0.1) is 0 Å². The zero-order valence-corrected chi connectivity index (χ0v) is 10.8. The van der Waals surface area contributed by atoms with E-state index in [2.05, 4.69) is 5.32 Å². The number of aryl methyl sites for hydroxylation is 1. The molecule has 0 radical (unpaired) electrons. The third kappa shape index (κ3) is 2.16. The number of rotatable bonds is 5. The maximum absolute atomic E-state index is 11.9. The molecule has 4 nitrogen and oxygen atoms in total. The van der Waals surface area contributed by atoms with Gasteiger partial charge in [-0.3, -0.25) is 9.59 Å². The van der Waals surface area contributed by atoms with Crippen molar-refractivity contribution in [2.24, 2.45) is 0 Å². The second kappa shape index (κ2) is 5.31. The number of anilines is 1. The molecule has 1 N–H and O–H groups in total. The van der Waals surface area contributed by atoms with E-state index in [9.17, 15) is 9.59 Å². The van der Waals surface area contributed by atoms with Crippen LogP contribution in [0.3, 0.4) is 0 Å². The molecular weight excluding hydrogens is 228 g/mol. The Labute approximate surface area is 107 Å². The predicted molar refractivity (Wildman–Crippen MR) is 71.0 cm³/mol. The quantitative estimate of drug-likeness (QED) is 0.631. The average molecular weight is 246 g/mol. The fourth-order valence-corrected chi connectivity index (χ4v) is 2.16. The molecule has 0 aliphatic carbocycles. The lowest BCUT2D eigenvalue weighted by Gasteiger charge is -2.16. The number of fused-ring (bicyclic) bond motifs is 1. The van der Waals surface area contributed by atoms with Crippen molar-refractivity contribution >= 4 is 17.4 Å². The molecule has 0 fully saturated rings. The molecule has 1 aromatic carbocycles. The summed E-state index contributed by atoms with van der Waals surface area (Å²) in [6.07, 6.45) is 0.867. The number of hydrogen-bond donors (Lipinski definition) is 1. The van der Waals surface area contributed by atoms with Crippen LogP contribution in [0.15, 0.2) is 18.2 Å². The Kier molecular flexibility index (Phi) is 3.77. The standard InChI is InChI=1S/C14H18N2O2/c1-3-10-5-6-12-11(9-10)13(17)14(18)16(12)8-7-15-4-2/h5-6,9,15H,3-4,7-8H2,1-2H3. The Morgan fingerprint density at radius 3 is 2.67 bits per heavy atom. The maximum Gasteiger partial charge on any atom is 0.299 e. The molecule has 0 atom stereocenters. The maximum atomic E-state index is 11.9. The lowest BCUT2D eigenvalue weighted by Crippen LogP contribution is -2.35. The van der Waals surface area contributed by atoms with E-state index in [1.54, 1.807) is 4.90 Å². The normalized spacial score (nSPS) is 14.2. The van der Waals surface area contributed by atoms with Gasteiger partial charge in [0.15, 0.2) is 0 Å². The minimum atomic E-state index is -0.406. The van der Waals surface area contributed by atoms with Crippen molar-refractivity contribution in [3.63, 3.8) is 0 Å². The number of carbonyl (C=O) groups excluding carboxylic acids is 2. The van der Waals surface area contributed by atoms with Crippen LogP contribution in [-0.2, 0) is 11.2 Å². The highest BCUT2D eigenvalue weighted by atomic mass is 16.2. The van der Waals surface area contributed by atoms with Gasteiger partial charge in [0.05, 0.1) is 11.3 Å². The van der Waals surface area contributed by atoms with Crippen molar-refractivity contribution in [3.8, 4) is 0 Å². The Hall–Kier alpha value is -1.68. The van der Waals surface area contributed by atoms with Crippen LogP contribution < -0.4 is 10.2 Å². The number of nitrogens with zero attached hydrogens (tertiary/aromatic N) is 1. The molecule has 0 spiro atoms. The van der Waals surface area contributed by atoms with Gasteiger partial charge in [0, 0.05) is 13.1 Å². The predicted octanol–water partition coefficient (Wildman–Crippen LogP) is 1.39. The van der Waals surface area contributed by atoms with Crippen LogP contribution in [0, 0.1) is 0 Å². The molecule has 2 rings (SSSR count). The van der Waals surface area contributed by atoms with Gasteiger partial charge in [-0.2, -0.15) is 0 Å². The minimum absolute atomic E-state index is 0.378. The number of carbonyl (C=O) groups is 2. The van der Waals surface area contributed by atoms with Crippen LogP contribution in [0.5, 0.6) is 0 Å². The summed E-state index contributed by atoms with van der Waals surface area (Å²) in [6.45, 7) is 6.14. The van der Waals surface area contributed by atoms with E-state index in [0.29, 0.717) is 18.7 Å². The van der Waals surface area contributed by atoms with Gasteiger partial charge in [0.25, 0.3) is 11.7 Å². The molecule has 96 valence electrons. The van der Waals surface area contributed by atoms with Crippen molar-refractivity contribution in [2.75, 3.05) is 24.5 Å². The van der Waals surface area contributed by atoms with Crippen molar-refractivity contribution in [1.82, 2.24) is 5.32 Å². The van der Waals surface area contributed by atoms with E-state index in [1.807, 2.05) is 32.0 Å². The third-order valence-corrected chi connectivity index (χ3v) is 3.21. The second-order valence-corrected chi connectivity index (χ2v) is 4.34. The van der Waals surface area contributed by atoms with Gasteiger partial charge in [-0.1, -0.05) is 19.9 Å². The fraction of sp³-hybridized carbons (Fsp3) is 0.429. The third-order valence-electron chi connectivity index (χ3n) is 3.21. The first-order chi connectivity index (χ1) is 8.69. The van der Waals surface area contributed by atoms with Crippen LogP contribution in [0.1, 0.15) is 29.8 Å². The molecule has 1 amide bonds. The van der Waals surface area contributed by atoms with E-state index >= 15 is 0 Å². The van der Waals surface area contributed by atoms with E-state index in [4.69, 9.17) is 0 Å². The molecular formula is C14H18N2O2. The van der Waals surface area contributed by atoms with Crippen LogP contribution >= 0.6 is 0 Å². The van der Waals surface area contributed by atoms with Crippen LogP contribution in [0.2, 0.25) is 0 Å². The van der Waals surface area contributed by atoms with Crippen molar-refractivity contribution in [2.45, 2.75) is 20.3 Å². The lowest BCUT2D eigenvalue weighted by atomic mass is 10.1. The monoisotopic (exact) mass is 246 g/mol. The van der Waals surface area contributed by atoms with Crippen LogP contribution in [0.4, 0.5) is 5.69 Å². The molecule has 4 heteroatoms. The first-order valence-corrected chi connectivity index (χ1v) is 6.38. The van der Waals surface area contributed by atoms with Gasteiger partial charge in [-0.05, 0) is 30.7 Å². The summed E-state index contributed by atoms with van der Waals surface area (Å²) >= 11 is 0. The first-order valence-electron chi connectivity index (χ1n) is 6.38. The summed E-state index contributed by atoms with van der Waals surface area (Å²) in [4.78, 5) is 25.4. The summed E-state index contributed by atoms with van der Waals surface area (Å²) in [5.41, 5.74) is 2.39. The fourth-order valence-electron chi connectivity index (χ4n) is 2.16. The number of likely N-dealkylation sites (N-methyl/N-ethyl adjacent to an activating group) is 1. The number of hydrogen-bond acceptors (Lipinski definition) is 3. The van der Waals surface area contributed by atoms with Gasteiger partial charge in [0.1, 0.15) is 0 Å². The number of amides is 1. The largest absolute Gasteiger partial charge is 0.315 e. The first kappa shape index (κ1) is 12.8. The number of Topliss-reactive ketones (excluding diaryl/α,β-unsaturated/α-hetero) is 1. The van der Waals surface area contributed by atoms with Crippen molar-refractivity contribution < 1.29 is 9.59 Å². The second-order valence-electron chi connectivity index (χ2n) is 4.34. The average Bonchev–Trinajstić information content (AvgIpc) is 2.63. The topological polar surface area (TPSA) is 49.4 Å². The Bertz CT molecular complexity index is 483. The highest BCUT2D eigenvalue weighted by molar-refractivity contribution is 6.52. The molecule has 18 heavy (non-hydrogen) atoms. The molecule has 0 bridgehead atoms. The highest BCUT2D eigenvalue weighted by Crippen LogP contribution is 2.29. The van der Waals surface area contributed by atoms with Gasteiger partial charge in [0.2, 0.25) is 0 Å². The van der Waals surface area contributed by atoms with E-state index in [1.165, 1.54) is 0 Å². The van der Waals surface area contributed by atoms with Crippen molar-refractivity contribution in [1.29, 1.82) is 0 Å². The van der Waals surface area contributed by atoms with Crippen LogP contribution in [-0.4, -0.2) is 31.3 Å². The molecule has 0 saturated heterocycles. The van der Waals surface area contributed by atoms with Crippen LogP contribution in [0.25, 0.3) is 0 Å². The summed E-state index contributed by atoms with van der Waals surface area (Å²) in [5.74, 6) is -0.784. The zero-order chi connectivity index (χ0) is 13.1. The number of ketones is 1. The van der Waals surface area contributed by atoms with E-state index in [0.717, 1.165) is 24.2 Å². The van der Waals surface area contributed by atoms with E-state index < -0.39 is 5.91 Å². The molecule has 1 aromatic rings. The van der Waals surface area contributed by atoms with Gasteiger partial charge >= 0.3 is 0 Å². The number of nitrogens with one attached hydrogen (secondary N) is 1. The zero-order valence-electron chi connectivity index (χ0n) is 10.8.